The molecule has 0 radical (unpaired) electrons. The van der Waals surface area contributed by atoms with Gasteiger partial charge in [-0.2, -0.15) is 0 Å². The number of fused-ring (bicyclic) bond motifs is 3. The molecule has 0 amide bonds. The number of carbonyl (C=O) groups is 1. The monoisotopic (exact) mass is 448 g/mol. The van der Waals surface area contributed by atoms with Crippen molar-refractivity contribution in [3.8, 4) is 11.5 Å². The van der Waals surface area contributed by atoms with Gasteiger partial charge in [0.05, 0.1) is 16.8 Å². The molecule has 5 nitrogen and oxygen atoms in total. The summed E-state index contributed by atoms with van der Waals surface area (Å²) in [5.74, 6) is 1.59. The Labute approximate surface area is 176 Å². The maximum atomic E-state index is 12.9. The summed E-state index contributed by atoms with van der Waals surface area (Å²) in [5.41, 5.74) is 3.36. The molecule has 0 atom stereocenters. The van der Waals surface area contributed by atoms with Crippen molar-refractivity contribution in [3.05, 3.63) is 93.4 Å². The average molecular weight is 449 g/mol. The molecule has 1 aromatic heterocycles. The summed E-state index contributed by atoms with van der Waals surface area (Å²) in [7, 11) is 0. The van der Waals surface area contributed by atoms with E-state index in [4.69, 9.17) is 9.47 Å². The summed E-state index contributed by atoms with van der Waals surface area (Å²) >= 11 is 3.42. The number of ether oxygens (including phenoxy) is 2. The second kappa shape index (κ2) is 7.46. The Morgan fingerprint density at radius 1 is 1.10 bits per heavy atom. The van der Waals surface area contributed by atoms with Crippen molar-refractivity contribution >= 4 is 27.8 Å². The Morgan fingerprint density at radius 2 is 1.97 bits per heavy atom. The molecule has 0 unspecified atom stereocenters. The highest BCUT2D eigenvalue weighted by Crippen LogP contribution is 2.42. The second-order valence-corrected chi connectivity index (χ2v) is 7.91. The molecule has 2 aromatic carbocycles. The first kappa shape index (κ1) is 18.1. The van der Waals surface area contributed by atoms with Gasteiger partial charge in [0.1, 0.15) is 18.2 Å². The number of hydrogen-bond donors (Lipinski definition) is 0. The number of halogens is 1. The van der Waals surface area contributed by atoms with E-state index in [0.29, 0.717) is 36.9 Å². The van der Waals surface area contributed by atoms with Crippen LogP contribution in [0, 0.1) is 0 Å². The van der Waals surface area contributed by atoms with Crippen molar-refractivity contribution in [2.24, 2.45) is 0 Å². The third kappa shape index (κ3) is 3.57. The maximum Gasteiger partial charge on any atom is 0.231 e. The molecular weight excluding hydrogens is 432 g/mol. The van der Waals surface area contributed by atoms with E-state index in [0.717, 1.165) is 27.0 Å². The minimum absolute atomic E-state index is 0.104. The molecule has 2 aliphatic rings. The fourth-order valence-corrected chi connectivity index (χ4v) is 3.80. The Balaban J connectivity index is 1.43. The van der Waals surface area contributed by atoms with E-state index in [1.165, 1.54) is 0 Å². The van der Waals surface area contributed by atoms with Crippen LogP contribution in [0.5, 0.6) is 11.5 Å². The molecule has 29 heavy (non-hydrogen) atoms. The largest absolute Gasteiger partial charge is 0.478 e. The van der Waals surface area contributed by atoms with Crippen LogP contribution >= 0.6 is 15.9 Å². The lowest BCUT2D eigenvalue weighted by molar-refractivity contribution is 0.0861. The van der Waals surface area contributed by atoms with Crippen LogP contribution in [-0.2, 0) is 13.1 Å². The van der Waals surface area contributed by atoms with Crippen molar-refractivity contribution < 1.29 is 14.3 Å². The molecule has 0 N–H and O–H groups in total. The van der Waals surface area contributed by atoms with Crippen LogP contribution in [0.15, 0.2) is 71.0 Å². The minimum atomic E-state index is -0.104. The first-order valence-electron chi connectivity index (χ1n) is 9.28. The molecule has 0 saturated heterocycles. The quantitative estimate of drug-likeness (QED) is 0.538. The summed E-state index contributed by atoms with van der Waals surface area (Å²) in [6, 6.07) is 17.2. The molecule has 0 fully saturated rings. The fourth-order valence-electron chi connectivity index (χ4n) is 3.54. The molecular formula is C23H17BrN2O3. The topological polar surface area (TPSA) is 51.7 Å². The molecule has 0 saturated carbocycles. The second-order valence-electron chi connectivity index (χ2n) is 6.99. The molecule has 0 bridgehead atoms. The highest BCUT2D eigenvalue weighted by molar-refractivity contribution is 9.10. The molecule has 3 heterocycles. The van der Waals surface area contributed by atoms with Crippen LogP contribution in [0.1, 0.15) is 27.2 Å². The SMILES string of the molecule is O=C1C(=Cc2ccc(Br)cc2)Oc2c1ccc1c2CN(Cc2ccccn2)CO1. The van der Waals surface area contributed by atoms with Gasteiger partial charge >= 0.3 is 0 Å². The number of hydrogen-bond acceptors (Lipinski definition) is 5. The van der Waals surface area contributed by atoms with Gasteiger partial charge in [0.2, 0.25) is 5.78 Å². The predicted molar refractivity (Wildman–Crippen MR) is 112 cm³/mol. The molecule has 144 valence electrons. The van der Waals surface area contributed by atoms with Gasteiger partial charge in [-0.1, -0.05) is 34.1 Å². The normalized spacial score (nSPS) is 16.9. The van der Waals surface area contributed by atoms with Crippen molar-refractivity contribution in [2.75, 3.05) is 6.73 Å². The summed E-state index contributed by atoms with van der Waals surface area (Å²) in [6.45, 7) is 1.77. The van der Waals surface area contributed by atoms with E-state index in [2.05, 4.69) is 25.8 Å². The van der Waals surface area contributed by atoms with E-state index in [9.17, 15) is 4.79 Å². The zero-order valence-corrected chi connectivity index (χ0v) is 17.1. The number of rotatable bonds is 3. The number of Topliss-reactive ketones (excluding diaryl/α,β-unsaturated/α-hetero) is 1. The van der Waals surface area contributed by atoms with Gasteiger partial charge in [-0.15, -0.1) is 0 Å². The van der Waals surface area contributed by atoms with E-state index < -0.39 is 0 Å². The van der Waals surface area contributed by atoms with Gasteiger partial charge in [-0.25, -0.2) is 0 Å². The first-order chi connectivity index (χ1) is 14.2. The molecule has 2 aliphatic heterocycles. The Kier molecular flexibility index (Phi) is 4.66. The summed E-state index contributed by atoms with van der Waals surface area (Å²) in [6.07, 6.45) is 3.56. The number of nitrogens with zero attached hydrogens (tertiary/aromatic N) is 2. The van der Waals surface area contributed by atoms with E-state index in [1.54, 1.807) is 18.3 Å². The number of ketones is 1. The van der Waals surface area contributed by atoms with Gasteiger partial charge in [-0.05, 0) is 48.0 Å². The molecule has 5 rings (SSSR count). The van der Waals surface area contributed by atoms with Crippen LogP contribution in [0.2, 0.25) is 0 Å². The lowest BCUT2D eigenvalue weighted by atomic mass is 10.0. The zero-order valence-electron chi connectivity index (χ0n) is 15.5. The van der Waals surface area contributed by atoms with Gasteiger partial charge in [-0.3, -0.25) is 14.7 Å². The van der Waals surface area contributed by atoms with Gasteiger partial charge in [0, 0.05) is 23.8 Å². The standard InChI is InChI=1S/C23H17BrN2O3/c24-16-6-4-15(5-7-16)11-21-22(27)18-8-9-20-19(23(18)29-21)13-26(14-28-20)12-17-3-1-2-10-25-17/h1-11H,12-14H2. The van der Waals surface area contributed by atoms with Gasteiger partial charge in [0.25, 0.3) is 0 Å². The predicted octanol–water partition coefficient (Wildman–Crippen LogP) is 4.81. The van der Waals surface area contributed by atoms with Crippen molar-refractivity contribution in [3.63, 3.8) is 0 Å². The third-order valence-electron chi connectivity index (χ3n) is 4.96. The fraction of sp³-hybridized carbons (Fsp3) is 0.130. The summed E-state index contributed by atoms with van der Waals surface area (Å²) in [4.78, 5) is 19.4. The van der Waals surface area contributed by atoms with Gasteiger partial charge in [0.15, 0.2) is 5.76 Å². The number of allylic oxidation sites excluding steroid dienone is 1. The van der Waals surface area contributed by atoms with E-state index >= 15 is 0 Å². The Morgan fingerprint density at radius 3 is 2.76 bits per heavy atom. The molecule has 6 heteroatoms. The highest BCUT2D eigenvalue weighted by Gasteiger charge is 2.33. The Hall–Kier alpha value is -2.96. The van der Waals surface area contributed by atoms with Crippen LogP contribution in [-0.4, -0.2) is 22.4 Å². The van der Waals surface area contributed by atoms with Crippen LogP contribution < -0.4 is 9.47 Å². The molecule has 0 spiro atoms. The number of carbonyl (C=O) groups excluding carboxylic acids is 1. The van der Waals surface area contributed by atoms with Crippen molar-refractivity contribution in [2.45, 2.75) is 13.1 Å². The smallest absolute Gasteiger partial charge is 0.231 e. The number of pyridine rings is 1. The van der Waals surface area contributed by atoms with Crippen LogP contribution in [0.3, 0.4) is 0 Å². The Bertz CT molecular complexity index is 1110. The summed E-state index contributed by atoms with van der Waals surface area (Å²) in [5, 5.41) is 0. The number of aromatic nitrogens is 1. The first-order valence-corrected chi connectivity index (χ1v) is 10.1. The van der Waals surface area contributed by atoms with Crippen LogP contribution in [0.4, 0.5) is 0 Å². The number of benzene rings is 2. The summed E-state index contributed by atoms with van der Waals surface area (Å²) < 4.78 is 12.9. The molecule has 3 aromatic rings. The third-order valence-corrected chi connectivity index (χ3v) is 5.49. The average Bonchev–Trinajstić information content (AvgIpc) is 3.06. The lowest BCUT2D eigenvalue weighted by Gasteiger charge is -2.29. The lowest BCUT2D eigenvalue weighted by Crippen LogP contribution is -2.32. The van der Waals surface area contributed by atoms with E-state index in [1.807, 2.05) is 48.5 Å². The highest BCUT2D eigenvalue weighted by atomic mass is 79.9. The molecule has 0 aliphatic carbocycles. The van der Waals surface area contributed by atoms with Crippen LogP contribution in [0.25, 0.3) is 6.08 Å². The van der Waals surface area contributed by atoms with Crippen molar-refractivity contribution in [1.29, 1.82) is 0 Å². The van der Waals surface area contributed by atoms with Crippen molar-refractivity contribution in [1.82, 2.24) is 9.88 Å². The van der Waals surface area contributed by atoms with E-state index in [-0.39, 0.29) is 5.78 Å². The zero-order chi connectivity index (χ0) is 19.8. The maximum absolute atomic E-state index is 12.9. The van der Waals surface area contributed by atoms with Gasteiger partial charge < -0.3 is 9.47 Å². The minimum Gasteiger partial charge on any atom is -0.478 e.